The largest absolute Gasteiger partial charge is 0.481 e. The lowest BCUT2D eigenvalue weighted by Crippen LogP contribution is -2.61. The van der Waals surface area contributed by atoms with Crippen LogP contribution in [0.5, 0.6) is 0 Å². The maximum Gasteiger partial charge on any atom is 0.305 e. The second kappa shape index (κ2) is 18.8. The van der Waals surface area contributed by atoms with Crippen molar-refractivity contribution < 1.29 is 43.1 Å². The van der Waals surface area contributed by atoms with Crippen LogP contribution in [0.3, 0.4) is 0 Å². The minimum Gasteiger partial charge on any atom is -0.481 e. The van der Waals surface area contributed by atoms with E-state index in [9.17, 15) is 9.59 Å². The average Bonchev–Trinajstić information content (AvgIpc) is 3.12. The molecule has 4 aromatic rings. The Balaban J connectivity index is 1.43. The van der Waals surface area contributed by atoms with Crippen molar-refractivity contribution in [2.45, 2.75) is 76.4 Å². The van der Waals surface area contributed by atoms with Gasteiger partial charge in [0.15, 0.2) is 6.29 Å². The summed E-state index contributed by atoms with van der Waals surface area (Å²) in [7, 11) is 0. The summed E-state index contributed by atoms with van der Waals surface area (Å²) < 4.78 is 38.4. The molecule has 1 aliphatic heterocycles. The number of carboxylic acids is 1. The van der Waals surface area contributed by atoms with Crippen LogP contribution in [0.4, 0.5) is 0 Å². The summed E-state index contributed by atoms with van der Waals surface area (Å²) in [4.78, 5) is 23.6. The van der Waals surface area contributed by atoms with Gasteiger partial charge in [-0.2, -0.15) is 0 Å². The van der Waals surface area contributed by atoms with Crippen LogP contribution in [0.2, 0.25) is 0 Å². The van der Waals surface area contributed by atoms with Gasteiger partial charge in [0.2, 0.25) is 0 Å². The summed E-state index contributed by atoms with van der Waals surface area (Å²) in [5.41, 5.74) is 3.84. The van der Waals surface area contributed by atoms with Crippen molar-refractivity contribution in [2.24, 2.45) is 0 Å². The van der Waals surface area contributed by atoms with Gasteiger partial charge in [0.1, 0.15) is 31.0 Å². The molecule has 9 nitrogen and oxygen atoms in total. The predicted octanol–water partition coefficient (Wildman–Crippen LogP) is 6.48. The molecule has 0 saturated carbocycles. The minimum absolute atomic E-state index is 0.0285. The highest BCUT2D eigenvalue weighted by atomic mass is 16.7. The number of carbonyl (C=O) groups is 2. The van der Waals surface area contributed by atoms with Gasteiger partial charge in [0.25, 0.3) is 0 Å². The molecule has 1 N–H and O–H groups in total. The highest BCUT2D eigenvalue weighted by Crippen LogP contribution is 2.32. The number of rotatable bonds is 18. The number of carbonyl (C=O) groups excluding carboxylic acids is 1. The van der Waals surface area contributed by atoms with Crippen LogP contribution in [0.25, 0.3) is 0 Å². The fraction of sp³-hybridized carbons (Fsp3) is 0.333. The van der Waals surface area contributed by atoms with Gasteiger partial charge in [0, 0.05) is 12.8 Å². The number of benzene rings is 4. The van der Waals surface area contributed by atoms with Crippen molar-refractivity contribution in [2.75, 3.05) is 6.61 Å². The maximum atomic E-state index is 12.7. The van der Waals surface area contributed by atoms with E-state index in [1.54, 1.807) is 0 Å². The predicted molar refractivity (Wildman–Crippen MR) is 177 cm³/mol. The van der Waals surface area contributed by atoms with Gasteiger partial charge in [-0.1, -0.05) is 121 Å². The molecule has 0 amide bonds. The molecule has 1 fully saturated rings. The van der Waals surface area contributed by atoms with Crippen molar-refractivity contribution in [1.29, 1.82) is 0 Å². The number of ether oxygens (including phenoxy) is 6. The zero-order valence-corrected chi connectivity index (χ0v) is 26.8. The van der Waals surface area contributed by atoms with E-state index in [2.05, 4.69) is 0 Å². The van der Waals surface area contributed by atoms with E-state index in [-0.39, 0.29) is 52.3 Å². The number of hydrogen-bond acceptors (Lipinski definition) is 8. The monoisotopic (exact) mass is 654 g/mol. The van der Waals surface area contributed by atoms with Gasteiger partial charge in [-0.3, -0.25) is 9.59 Å². The average molecular weight is 655 g/mol. The van der Waals surface area contributed by atoms with Gasteiger partial charge in [-0.15, -0.1) is 0 Å². The van der Waals surface area contributed by atoms with Crippen molar-refractivity contribution in [3.63, 3.8) is 0 Å². The lowest BCUT2D eigenvalue weighted by Gasteiger charge is -2.45. The summed E-state index contributed by atoms with van der Waals surface area (Å²) in [6.45, 7) is 0.908. The summed E-state index contributed by atoms with van der Waals surface area (Å²) in [5.74, 6) is -1.49. The third kappa shape index (κ3) is 11.1. The van der Waals surface area contributed by atoms with Crippen molar-refractivity contribution in [3.8, 4) is 0 Å². The highest BCUT2D eigenvalue weighted by molar-refractivity contribution is 5.71. The number of esters is 1. The second-order valence-electron chi connectivity index (χ2n) is 11.6. The molecular weight excluding hydrogens is 612 g/mol. The zero-order chi connectivity index (χ0) is 33.4. The summed E-state index contributed by atoms with van der Waals surface area (Å²) in [5, 5.41) is 8.98. The third-order valence-corrected chi connectivity index (χ3v) is 7.88. The molecule has 0 spiro atoms. The first kappa shape index (κ1) is 34.9. The number of aliphatic carboxylic acids is 1. The molecule has 0 aromatic heterocycles. The van der Waals surface area contributed by atoms with Gasteiger partial charge < -0.3 is 33.5 Å². The molecule has 1 aliphatic rings. The van der Waals surface area contributed by atoms with Crippen LogP contribution < -0.4 is 0 Å². The molecule has 48 heavy (non-hydrogen) atoms. The first-order valence-corrected chi connectivity index (χ1v) is 16.2. The van der Waals surface area contributed by atoms with Crippen LogP contribution in [0.15, 0.2) is 121 Å². The lowest BCUT2D eigenvalue weighted by atomic mass is 9.97. The zero-order valence-electron chi connectivity index (χ0n) is 26.8. The van der Waals surface area contributed by atoms with Crippen molar-refractivity contribution >= 4 is 11.9 Å². The molecule has 9 heteroatoms. The first-order valence-electron chi connectivity index (χ1n) is 16.2. The van der Waals surface area contributed by atoms with Gasteiger partial charge in [-0.05, 0) is 28.7 Å². The molecule has 252 valence electrons. The van der Waals surface area contributed by atoms with Gasteiger partial charge in [0.05, 0.1) is 26.4 Å². The van der Waals surface area contributed by atoms with E-state index >= 15 is 0 Å². The normalized spacial score (nSPS) is 20.6. The Morgan fingerprint density at radius 3 is 1.42 bits per heavy atom. The Morgan fingerprint density at radius 1 is 0.542 bits per heavy atom. The SMILES string of the molecule is O=C(O)CCCC(=O)OC[C@H]1O[C@@H](OCc2ccccc2)[C@H](OCc2ccccc2)[C@@H](OCc2ccccc2)[C@@H]1OCc1ccccc1. The highest BCUT2D eigenvalue weighted by Gasteiger charge is 2.49. The van der Waals surface area contributed by atoms with Crippen LogP contribution in [-0.2, 0) is 64.4 Å². The number of carboxylic acid groups (broad SMARTS) is 1. The quantitative estimate of drug-likeness (QED) is 0.121. The van der Waals surface area contributed by atoms with E-state index < -0.39 is 42.6 Å². The molecule has 1 heterocycles. The van der Waals surface area contributed by atoms with Crippen molar-refractivity contribution in [3.05, 3.63) is 144 Å². The van der Waals surface area contributed by atoms with Crippen LogP contribution >= 0.6 is 0 Å². The molecule has 5 atom stereocenters. The van der Waals surface area contributed by atoms with Gasteiger partial charge >= 0.3 is 11.9 Å². The van der Waals surface area contributed by atoms with Gasteiger partial charge in [-0.25, -0.2) is 0 Å². The Hall–Kier alpha value is -4.38. The summed E-state index contributed by atoms with van der Waals surface area (Å²) in [6.07, 6.45) is -3.80. The standard InChI is InChI=1S/C39H42O9/c40-34(41)22-13-23-35(42)43-28-33-36(44-24-29-14-5-1-6-15-29)37(45-25-30-16-7-2-8-17-30)38(46-26-31-18-9-3-10-19-31)39(48-33)47-27-32-20-11-4-12-21-32/h1-12,14-21,33,36-39H,13,22-28H2,(H,40,41)/t33-,36-,37+,38-,39-/m1/s1. The molecule has 1 saturated heterocycles. The van der Waals surface area contributed by atoms with Crippen LogP contribution in [-0.4, -0.2) is 54.4 Å². The van der Waals surface area contributed by atoms with E-state index in [1.807, 2.05) is 121 Å². The minimum atomic E-state index is -0.967. The molecule has 0 radical (unpaired) electrons. The Kier molecular flexibility index (Phi) is 13.7. The smallest absolute Gasteiger partial charge is 0.305 e. The fourth-order valence-corrected chi connectivity index (χ4v) is 5.40. The Labute approximate surface area is 281 Å². The van der Waals surface area contributed by atoms with E-state index in [0.717, 1.165) is 22.3 Å². The molecule has 0 unspecified atom stereocenters. The van der Waals surface area contributed by atoms with Crippen LogP contribution in [0.1, 0.15) is 41.5 Å². The second-order valence-corrected chi connectivity index (χ2v) is 11.6. The molecule has 4 aromatic carbocycles. The topological polar surface area (TPSA) is 110 Å². The molecule has 5 rings (SSSR count). The maximum absolute atomic E-state index is 12.7. The Bertz CT molecular complexity index is 1500. The Morgan fingerprint density at radius 2 is 0.958 bits per heavy atom. The van der Waals surface area contributed by atoms with E-state index in [4.69, 9.17) is 33.5 Å². The third-order valence-electron chi connectivity index (χ3n) is 7.88. The molecule has 0 aliphatic carbocycles. The molecule has 0 bridgehead atoms. The fourth-order valence-electron chi connectivity index (χ4n) is 5.40. The molecular formula is C39H42O9. The first-order chi connectivity index (χ1) is 23.5. The van der Waals surface area contributed by atoms with E-state index in [1.165, 1.54) is 0 Å². The number of hydrogen-bond donors (Lipinski definition) is 1. The summed E-state index contributed by atoms with van der Waals surface area (Å²) in [6, 6.07) is 39.2. The van der Waals surface area contributed by atoms with Crippen LogP contribution in [0, 0.1) is 0 Å². The lowest BCUT2D eigenvalue weighted by molar-refractivity contribution is -0.329. The summed E-state index contributed by atoms with van der Waals surface area (Å²) >= 11 is 0. The van der Waals surface area contributed by atoms with E-state index in [0.29, 0.717) is 0 Å². The van der Waals surface area contributed by atoms with Crippen molar-refractivity contribution in [1.82, 2.24) is 0 Å².